The molecule has 0 radical (unpaired) electrons. The predicted molar refractivity (Wildman–Crippen MR) is 128 cm³/mol. The summed E-state index contributed by atoms with van der Waals surface area (Å²) in [5, 5.41) is 14.7. The van der Waals surface area contributed by atoms with E-state index in [1.54, 1.807) is 13.2 Å². The zero-order valence-electron chi connectivity index (χ0n) is 17.9. The van der Waals surface area contributed by atoms with E-state index in [1.807, 2.05) is 59.2 Å². The molecule has 33 heavy (non-hydrogen) atoms. The number of benzene rings is 3. The minimum atomic E-state index is -0.450. The maximum atomic E-state index is 12.5. The summed E-state index contributed by atoms with van der Waals surface area (Å²) in [5.74, 6) is 0.680. The van der Waals surface area contributed by atoms with Crippen LogP contribution in [0.4, 0.5) is 5.69 Å². The van der Waals surface area contributed by atoms with Crippen molar-refractivity contribution in [3.63, 3.8) is 0 Å². The summed E-state index contributed by atoms with van der Waals surface area (Å²) in [6.45, 7) is 0.540. The zero-order chi connectivity index (χ0) is 23.2. The van der Waals surface area contributed by atoms with Crippen LogP contribution in [0, 0.1) is 10.1 Å². The fraction of sp³-hybridized carbons (Fsp3) is 0.167. The van der Waals surface area contributed by atoms with Crippen LogP contribution in [0.15, 0.2) is 78.0 Å². The van der Waals surface area contributed by atoms with Gasteiger partial charge in [0, 0.05) is 18.7 Å². The molecular formula is C24H22N4O4S. The van der Waals surface area contributed by atoms with Crippen LogP contribution < -0.4 is 10.1 Å². The average molecular weight is 463 g/mol. The number of methoxy groups -OCH3 is 1. The number of aromatic nitrogens is 2. The number of rotatable bonds is 9. The lowest BCUT2D eigenvalue weighted by Gasteiger charge is -2.13. The molecule has 3 aromatic carbocycles. The van der Waals surface area contributed by atoms with Crippen LogP contribution in [0.3, 0.4) is 0 Å². The Balaban J connectivity index is 1.56. The molecule has 0 saturated heterocycles. The van der Waals surface area contributed by atoms with Crippen molar-refractivity contribution in [2.24, 2.45) is 0 Å². The summed E-state index contributed by atoms with van der Waals surface area (Å²) < 4.78 is 7.37. The fourth-order valence-corrected chi connectivity index (χ4v) is 4.33. The van der Waals surface area contributed by atoms with Gasteiger partial charge < -0.3 is 10.1 Å². The number of hydrogen-bond donors (Lipinski definition) is 1. The van der Waals surface area contributed by atoms with Crippen LogP contribution >= 0.6 is 11.8 Å². The number of fused-ring (bicyclic) bond motifs is 1. The Kier molecular flexibility index (Phi) is 6.89. The molecule has 0 aliphatic rings. The summed E-state index contributed by atoms with van der Waals surface area (Å²) >= 11 is 1.27. The van der Waals surface area contributed by atoms with Gasteiger partial charge in [0.2, 0.25) is 5.91 Å². The number of nitrogens with zero attached hydrogens (tertiary/aromatic N) is 3. The van der Waals surface area contributed by atoms with E-state index in [0.717, 1.165) is 17.7 Å². The Labute approximate surface area is 194 Å². The first-order chi connectivity index (χ1) is 16.1. The second kappa shape index (κ2) is 10.2. The monoisotopic (exact) mass is 462 g/mol. The van der Waals surface area contributed by atoms with Crippen molar-refractivity contribution in [2.75, 3.05) is 19.4 Å². The van der Waals surface area contributed by atoms with Crippen molar-refractivity contribution in [1.82, 2.24) is 14.9 Å². The van der Waals surface area contributed by atoms with E-state index in [1.165, 1.54) is 23.9 Å². The van der Waals surface area contributed by atoms with Crippen LogP contribution in [0.2, 0.25) is 0 Å². The quantitative estimate of drug-likeness (QED) is 0.225. The second-order valence-corrected chi connectivity index (χ2v) is 8.15. The van der Waals surface area contributed by atoms with Crippen molar-refractivity contribution >= 4 is 34.4 Å². The minimum Gasteiger partial charge on any atom is -0.495 e. The van der Waals surface area contributed by atoms with E-state index in [0.29, 0.717) is 28.5 Å². The lowest BCUT2D eigenvalue weighted by molar-refractivity contribution is -0.384. The van der Waals surface area contributed by atoms with Crippen LogP contribution in [0.1, 0.15) is 5.56 Å². The van der Waals surface area contributed by atoms with Gasteiger partial charge in [-0.25, -0.2) is 4.98 Å². The van der Waals surface area contributed by atoms with E-state index in [4.69, 9.17) is 4.74 Å². The number of nitrogens with one attached hydrogen (secondary N) is 1. The van der Waals surface area contributed by atoms with Gasteiger partial charge in [0.05, 0.1) is 34.5 Å². The molecule has 1 amide bonds. The molecule has 1 N–H and O–H groups in total. The maximum absolute atomic E-state index is 12.5. The highest BCUT2D eigenvalue weighted by Gasteiger charge is 2.19. The van der Waals surface area contributed by atoms with Gasteiger partial charge in [-0.15, -0.1) is 0 Å². The number of carbonyl (C=O) groups is 1. The number of thioether (sulfide) groups is 1. The molecule has 0 saturated carbocycles. The SMILES string of the molecule is COc1ccccc1-n1c(SCC(=O)NCCc2ccccc2)nc2cc([N+](=O)[O-])ccc21. The summed E-state index contributed by atoms with van der Waals surface area (Å²) in [7, 11) is 1.58. The number of imidazole rings is 1. The predicted octanol–water partition coefficient (Wildman–Crippen LogP) is 4.39. The fourth-order valence-electron chi connectivity index (χ4n) is 3.48. The van der Waals surface area contributed by atoms with E-state index in [-0.39, 0.29) is 17.3 Å². The molecule has 0 fully saturated rings. The normalized spacial score (nSPS) is 10.8. The first-order valence-electron chi connectivity index (χ1n) is 10.3. The topological polar surface area (TPSA) is 99.3 Å². The molecule has 0 aliphatic heterocycles. The van der Waals surface area contributed by atoms with Gasteiger partial charge in [-0.1, -0.05) is 54.2 Å². The molecule has 1 aromatic heterocycles. The molecule has 168 valence electrons. The molecule has 8 nitrogen and oxygen atoms in total. The highest BCUT2D eigenvalue weighted by Crippen LogP contribution is 2.33. The van der Waals surface area contributed by atoms with Crippen molar-refractivity contribution in [1.29, 1.82) is 0 Å². The van der Waals surface area contributed by atoms with E-state index < -0.39 is 4.92 Å². The molecule has 0 atom stereocenters. The smallest absolute Gasteiger partial charge is 0.271 e. The third kappa shape index (κ3) is 5.15. The first kappa shape index (κ1) is 22.3. The number of amides is 1. The van der Waals surface area contributed by atoms with Crippen molar-refractivity contribution in [3.05, 3.63) is 88.5 Å². The molecule has 0 bridgehead atoms. The Morgan fingerprint density at radius 2 is 1.88 bits per heavy atom. The molecule has 0 aliphatic carbocycles. The molecular weight excluding hydrogens is 440 g/mol. The second-order valence-electron chi connectivity index (χ2n) is 7.21. The number of hydrogen-bond acceptors (Lipinski definition) is 6. The van der Waals surface area contributed by atoms with Gasteiger partial charge in [0.1, 0.15) is 5.75 Å². The van der Waals surface area contributed by atoms with Crippen molar-refractivity contribution < 1.29 is 14.5 Å². The highest BCUT2D eigenvalue weighted by atomic mass is 32.2. The Morgan fingerprint density at radius 1 is 1.12 bits per heavy atom. The van der Waals surface area contributed by atoms with Crippen LogP contribution in [-0.4, -0.2) is 39.8 Å². The summed E-state index contributed by atoms with van der Waals surface area (Å²) in [4.78, 5) is 27.8. The van der Waals surface area contributed by atoms with Gasteiger partial charge in [0.25, 0.3) is 5.69 Å². The third-order valence-electron chi connectivity index (χ3n) is 5.06. The minimum absolute atomic E-state index is 0.0395. The average Bonchev–Trinajstić information content (AvgIpc) is 3.20. The van der Waals surface area contributed by atoms with Crippen LogP contribution in [-0.2, 0) is 11.2 Å². The number of nitro groups is 1. The molecule has 4 aromatic rings. The maximum Gasteiger partial charge on any atom is 0.271 e. The zero-order valence-corrected chi connectivity index (χ0v) is 18.7. The number of carbonyl (C=O) groups excluding carboxylic acids is 1. The van der Waals surface area contributed by atoms with Gasteiger partial charge in [-0.2, -0.15) is 0 Å². The summed E-state index contributed by atoms with van der Waals surface area (Å²) in [5.41, 5.74) is 3.02. The summed E-state index contributed by atoms with van der Waals surface area (Å²) in [6, 6.07) is 21.9. The molecule has 0 unspecified atom stereocenters. The standard InChI is InChI=1S/C24H22N4O4S/c1-32-22-10-6-5-9-21(22)27-20-12-11-18(28(30)31)15-19(20)26-24(27)33-16-23(29)25-14-13-17-7-3-2-4-8-17/h2-12,15H,13-14,16H2,1H3,(H,25,29). The number of non-ortho nitro benzene ring substituents is 1. The van der Waals surface area contributed by atoms with Crippen LogP contribution in [0.25, 0.3) is 16.7 Å². The third-order valence-corrected chi connectivity index (χ3v) is 5.99. The van der Waals surface area contributed by atoms with Gasteiger partial charge in [0.15, 0.2) is 5.16 Å². The molecule has 1 heterocycles. The molecule has 0 spiro atoms. The Bertz CT molecular complexity index is 1290. The first-order valence-corrected chi connectivity index (χ1v) is 11.3. The summed E-state index contributed by atoms with van der Waals surface area (Å²) in [6.07, 6.45) is 0.751. The van der Waals surface area contributed by atoms with Gasteiger partial charge >= 0.3 is 0 Å². The van der Waals surface area contributed by atoms with Gasteiger partial charge in [-0.05, 0) is 30.2 Å². The lowest BCUT2D eigenvalue weighted by Crippen LogP contribution is -2.27. The van der Waals surface area contributed by atoms with E-state index in [9.17, 15) is 14.9 Å². The number of para-hydroxylation sites is 2. The Hall–Kier alpha value is -3.85. The molecule has 9 heteroatoms. The Morgan fingerprint density at radius 3 is 2.64 bits per heavy atom. The number of nitro benzene ring substituents is 1. The van der Waals surface area contributed by atoms with Gasteiger partial charge in [-0.3, -0.25) is 19.5 Å². The van der Waals surface area contributed by atoms with Crippen LogP contribution in [0.5, 0.6) is 5.75 Å². The van der Waals surface area contributed by atoms with Crippen molar-refractivity contribution in [2.45, 2.75) is 11.6 Å². The number of ether oxygens (including phenoxy) is 1. The van der Waals surface area contributed by atoms with E-state index >= 15 is 0 Å². The highest BCUT2D eigenvalue weighted by molar-refractivity contribution is 7.99. The largest absolute Gasteiger partial charge is 0.495 e. The van der Waals surface area contributed by atoms with Crippen molar-refractivity contribution in [3.8, 4) is 11.4 Å². The lowest BCUT2D eigenvalue weighted by atomic mass is 10.1. The molecule has 4 rings (SSSR count). The van der Waals surface area contributed by atoms with E-state index in [2.05, 4.69) is 10.3 Å².